The lowest BCUT2D eigenvalue weighted by molar-refractivity contribution is 0.413. The molecule has 104 valence electrons. The summed E-state index contributed by atoms with van der Waals surface area (Å²) in [5, 5.41) is 8.86. The molecular formula is C13H18N2O3S. The van der Waals surface area contributed by atoms with E-state index in [9.17, 15) is 8.42 Å². The van der Waals surface area contributed by atoms with E-state index in [2.05, 4.69) is 0 Å². The van der Waals surface area contributed by atoms with Crippen LogP contribution in [0.5, 0.6) is 5.75 Å². The van der Waals surface area contributed by atoms with Crippen molar-refractivity contribution in [2.75, 3.05) is 19.4 Å². The van der Waals surface area contributed by atoms with Crippen molar-refractivity contribution in [1.82, 2.24) is 0 Å². The summed E-state index contributed by atoms with van der Waals surface area (Å²) in [4.78, 5) is 0. The second-order valence-electron chi connectivity index (χ2n) is 4.54. The van der Waals surface area contributed by atoms with Crippen LogP contribution in [0.25, 0.3) is 0 Å². The van der Waals surface area contributed by atoms with Crippen LogP contribution in [0.2, 0.25) is 0 Å². The predicted molar refractivity (Wildman–Crippen MR) is 73.4 cm³/mol. The zero-order valence-corrected chi connectivity index (χ0v) is 11.9. The maximum absolute atomic E-state index is 12.0. The molecule has 1 unspecified atom stereocenters. The Morgan fingerprint density at radius 2 is 2.16 bits per heavy atom. The molecule has 0 aliphatic carbocycles. The Morgan fingerprint density at radius 3 is 2.68 bits per heavy atom. The molecular weight excluding hydrogens is 264 g/mol. The molecule has 0 aliphatic rings. The Kier molecular flexibility index (Phi) is 5.33. The van der Waals surface area contributed by atoms with Gasteiger partial charge in [-0.05, 0) is 30.2 Å². The van der Waals surface area contributed by atoms with E-state index in [0.717, 1.165) is 0 Å². The summed E-state index contributed by atoms with van der Waals surface area (Å²) in [6.07, 6.45) is 0. The number of methoxy groups -OCH3 is 1. The molecule has 0 saturated carbocycles. The van der Waals surface area contributed by atoms with Crippen molar-refractivity contribution < 1.29 is 13.2 Å². The van der Waals surface area contributed by atoms with Crippen LogP contribution < -0.4 is 10.5 Å². The van der Waals surface area contributed by atoms with Crippen LogP contribution in [-0.2, 0) is 15.6 Å². The number of nitrogens with zero attached hydrogens (tertiary/aromatic N) is 1. The van der Waals surface area contributed by atoms with Gasteiger partial charge in [-0.3, -0.25) is 0 Å². The van der Waals surface area contributed by atoms with Crippen LogP contribution in [0.15, 0.2) is 18.2 Å². The highest BCUT2D eigenvalue weighted by Crippen LogP contribution is 2.21. The van der Waals surface area contributed by atoms with Gasteiger partial charge in [0.1, 0.15) is 11.8 Å². The van der Waals surface area contributed by atoms with Crippen LogP contribution in [-0.4, -0.2) is 27.8 Å². The molecule has 1 rings (SSSR count). The van der Waals surface area contributed by atoms with Crippen LogP contribution in [0.3, 0.4) is 0 Å². The van der Waals surface area contributed by atoms with Crippen LogP contribution in [0.1, 0.15) is 18.1 Å². The number of rotatable bonds is 6. The van der Waals surface area contributed by atoms with Crippen LogP contribution in [0, 0.1) is 17.2 Å². The van der Waals surface area contributed by atoms with Crippen LogP contribution in [0.4, 0.5) is 0 Å². The minimum Gasteiger partial charge on any atom is -0.495 e. The number of sulfone groups is 1. The smallest absolute Gasteiger partial charge is 0.154 e. The van der Waals surface area contributed by atoms with Crippen molar-refractivity contribution in [3.8, 4) is 11.8 Å². The summed E-state index contributed by atoms with van der Waals surface area (Å²) in [5.41, 5.74) is 6.43. The molecule has 5 nitrogen and oxygen atoms in total. The van der Waals surface area contributed by atoms with E-state index in [1.54, 1.807) is 25.1 Å². The molecule has 6 heteroatoms. The van der Waals surface area contributed by atoms with Crippen LogP contribution >= 0.6 is 0 Å². The molecule has 1 atom stereocenters. The lowest BCUT2D eigenvalue weighted by Crippen LogP contribution is -2.22. The van der Waals surface area contributed by atoms with Crippen molar-refractivity contribution in [2.24, 2.45) is 11.7 Å². The fourth-order valence-electron chi connectivity index (χ4n) is 1.73. The van der Waals surface area contributed by atoms with Gasteiger partial charge in [-0.2, -0.15) is 5.26 Å². The second-order valence-corrected chi connectivity index (χ2v) is 6.65. The monoisotopic (exact) mass is 282 g/mol. The van der Waals surface area contributed by atoms with Crippen molar-refractivity contribution in [3.05, 3.63) is 29.3 Å². The highest BCUT2D eigenvalue weighted by atomic mass is 32.2. The van der Waals surface area contributed by atoms with E-state index in [1.807, 2.05) is 6.07 Å². The van der Waals surface area contributed by atoms with Gasteiger partial charge in [0.2, 0.25) is 0 Å². The van der Waals surface area contributed by atoms with Gasteiger partial charge in [0.25, 0.3) is 0 Å². The third-order valence-corrected chi connectivity index (χ3v) is 4.56. The maximum atomic E-state index is 12.0. The summed E-state index contributed by atoms with van der Waals surface area (Å²) in [7, 11) is -1.76. The zero-order chi connectivity index (χ0) is 14.5. The number of hydrogen-bond acceptors (Lipinski definition) is 5. The molecule has 0 fully saturated rings. The largest absolute Gasteiger partial charge is 0.495 e. The predicted octanol–water partition coefficient (Wildman–Crippen LogP) is 1.08. The quantitative estimate of drug-likeness (QED) is 0.842. The second kappa shape index (κ2) is 6.55. The standard InChI is InChI=1S/C13H18N2O3S/c1-10(6-14)8-19(16,17)9-11-3-4-12(7-15)13(5-11)18-2/h3-5,10H,6,8-9,14H2,1-2H3. The Hall–Kier alpha value is -1.58. The minimum atomic E-state index is -3.21. The first kappa shape index (κ1) is 15.5. The molecule has 0 bridgehead atoms. The number of nitrogens with two attached hydrogens (primary N) is 1. The summed E-state index contributed by atoms with van der Waals surface area (Å²) < 4.78 is 29.0. The van der Waals surface area contributed by atoms with Crippen molar-refractivity contribution in [3.63, 3.8) is 0 Å². The van der Waals surface area contributed by atoms with Crippen molar-refractivity contribution >= 4 is 9.84 Å². The van der Waals surface area contributed by atoms with E-state index < -0.39 is 9.84 Å². The highest BCUT2D eigenvalue weighted by molar-refractivity contribution is 7.90. The first-order valence-electron chi connectivity index (χ1n) is 5.89. The normalized spacial score (nSPS) is 12.7. The molecule has 0 radical (unpaired) electrons. The molecule has 2 N–H and O–H groups in total. The highest BCUT2D eigenvalue weighted by Gasteiger charge is 2.16. The molecule has 0 aliphatic heterocycles. The van der Waals surface area contributed by atoms with E-state index >= 15 is 0 Å². The molecule has 0 aromatic heterocycles. The lowest BCUT2D eigenvalue weighted by atomic mass is 10.1. The van der Waals surface area contributed by atoms with Crippen molar-refractivity contribution in [1.29, 1.82) is 5.26 Å². The summed E-state index contributed by atoms with van der Waals surface area (Å²) >= 11 is 0. The van der Waals surface area contributed by atoms with Gasteiger partial charge in [0.05, 0.1) is 24.2 Å². The number of hydrogen-bond donors (Lipinski definition) is 1. The Bertz CT molecular complexity index is 576. The van der Waals surface area contributed by atoms with Crippen molar-refractivity contribution in [2.45, 2.75) is 12.7 Å². The first-order chi connectivity index (χ1) is 8.91. The Labute approximate surface area is 113 Å². The molecule has 1 aromatic carbocycles. The average Bonchev–Trinajstić information content (AvgIpc) is 2.37. The van der Waals surface area contributed by atoms with Gasteiger partial charge >= 0.3 is 0 Å². The number of nitriles is 1. The van der Waals surface area contributed by atoms with E-state index in [0.29, 0.717) is 23.4 Å². The molecule has 0 heterocycles. The van der Waals surface area contributed by atoms with Gasteiger partial charge in [0, 0.05) is 0 Å². The van der Waals surface area contributed by atoms with E-state index in [4.69, 9.17) is 15.7 Å². The first-order valence-corrected chi connectivity index (χ1v) is 7.71. The Morgan fingerprint density at radius 1 is 1.47 bits per heavy atom. The topological polar surface area (TPSA) is 93.2 Å². The molecule has 19 heavy (non-hydrogen) atoms. The van der Waals surface area contributed by atoms with Gasteiger partial charge in [-0.15, -0.1) is 0 Å². The lowest BCUT2D eigenvalue weighted by Gasteiger charge is -2.10. The van der Waals surface area contributed by atoms with E-state index in [-0.39, 0.29) is 17.4 Å². The number of ether oxygens (including phenoxy) is 1. The zero-order valence-electron chi connectivity index (χ0n) is 11.1. The average molecular weight is 282 g/mol. The SMILES string of the molecule is COc1cc(CS(=O)(=O)CC(C)CN)ccc1C#N. The fraction of sp³-hybridized carbons (Fsp3) is 0.462. The molecule has 1 aromatic rings. The van der Waals surface area contributed by atoms with Gasteiger partial charge in [-0.1, -0.05) is 13.0 Å². The molecule has 0 amide bonds. The van der Waals surface area contributed by atoms with Gasteiger partial charge in [-0.25, -0.2) is 8.42 Å². The van der Waals surface area contributed by atoms with E-state index in [1.165, 1.54) is 7.11 Å². The third-order valence-electron chi connectivity index (χ3n) is 2.71. The summed E-state index contributed by atoms with van der Waals surface area (Å²) in [6, 6.07) is 6.77. The maximum Gasteiger partial charge on any atom is 0.154 e. The Balaban J connectivity index is 2.92. The molecule has 0 saturated heterocycles. The minimum absolute atomic E-state index is 0.0613. The van der Waals surface area contributed by atoms with Gasteiger partial charge in [0.15, 0.2) is 9.84 Å². The molecule has 0 spiro atoms. The van der Waals surface area contributed by atoms with Gasteiger partial charge < -0.3 is 10.5 Å². The third kappa shape index (κ3) is 4.54. The summed E-state index contributed by atoms with van der Waals surface area (Å²) in [6.45, 7) is 2.15. The summed E-state index contributed by atoms with van der Waals surface area (Å²) in [5.74, 6) is 0.318. The fourth-order valence-corrected chi connectivity index (χ4v) is 3.54. The number of benzene rings is 1.